The number of piperidine rings is 1. The lowest BCUT2D eigenvalue weighted by atomic mass is 9.91. The number of rotatable bonds is 4. The molecule has 0 unspecified atom stereocenters. The Balaban J connectivity index is 1.89. The van der Waals surface area contributed by atoms with Crippen molar-refractivity contribution in [3.05, 3.63) is 27.7 Å². The highest BCUT2D eigenvalue weighted by atomic mass is 35.5. The Kier molecular flexibility index (Phi) is 6.09. The number of nitrogens with one attached hydrogen (secondary N) is 1. The van der Waals surface area contributed by atoms with Crippen LogP contribution in [0, 0.1) is 0 Å². The monoisotopic (exact) mass is 400 g/mol. The number of carbonyl (C=O) groups excluding carboxylic acids is 1. The zero-order valence-electron chi connectivity index (χ0n) is 13.0. The molecule has 0 bridgehead atoms. The van der Waals surface area contributed by atoms with Crippen LogP contribution in [0.2, 0.25) is 10.0 Å². The van der Waals surface area contributed by atoms with Gasteiger partial charge in [0.25, 0.3) is 0 Å². The fourth-order valence-corrected chi connectivity index (χ4v) is 2.94. The third-order valence-electron chi connectivity index (χ3n) is 4.14. The topological polar surface area (TPSA) is 72.8 Å². The second kappa shape index (κ2) is 7.57. The number of halogens is 5. The van der Waals surface area contributed by atoms with Crippen molar-refractivity contribution in [1.29, 1.82) is 0 Å². The molecule has 5 nitrogen and oxygen atoms in total. The maximum Gasteiger partial charge on any atom is 0.471 e. The lowest BCUT2D eigenvalue weighted by molar-refractivity contribution is -0.174. The van der Waals surface area contributed by atoms with E-state index in [0.717, 1.165) is 0 Å². The first-order chi connectivity index (χ1) is 11.5. The number of aromatic hydroxyl groups is 1. The molecule has 0 aliphatic carbocycles. The Morgan fingerprint density at radius 1 is 1.24 bits per heavy atom. The Morgan fingerprint density at radius 3 is 2.36 bits per heavy atom. The summed E-state index contributed by atoms with van der Waals surface area (Å²) in [5.74, 6) is -2.07. The van der Waals surface area contributed by atoms with Gasteiger partial charge in [0.2, 0.25) is 0 Å². The average Bonchev–Trinajstić information content (AvgIpc) is 2.52. The highest BCUT2D eigenvalue weighted by Gasteiger charge is 2.41. The molecule has 0 spiro atoms. The molecule has 1 fully saturated rings. The first kappa shape index (κ1) is 20.1. The first-order valence-corrected chi connectivity index (χ1v) is 8.22. The molecule has 10 heteroatoms. The number of phenolic OH excluding ortho intramolecular Hbond substituents is 1. The molecule has 1 saturated heterocycles. The molecule has 1 aromatic rings. The number of hydrogen-bond acceptors (Lipinski definition) is 4. The van der Waals surface area contributed by atoms with Gasteiger partial charge in [0, 0.05) is 37.8 Å². The van der Waals surface area contributed by atoms with E-state index in [1.807, 2.05) is 4.90 Å². The Hall–Kier alpha value is -1.22. The van der Waals surface area contributed by atoms with Crippen LogP contribution in [0.1, 0.15) is 18.4 Å². The summed E-state index contributed by atoms with van der Waals surface area (Å²) in [7, 11) is 0. The number of carbonyl (C=O) groups is 1. The predicted octanol–water partition coefficient (Wildman–Crippen LogP) is 2.70. The molecule has 0 atom stereocenters. The summed E-state index contributed by atoms with van der Waals surface area (Å²) in [5.41, 5.74) is -0.831. The van der Waals surface area contributed by atoms with Gasteiger partial charge in [-0.1, -0.05) is 23.2 Å². The molecule has 140 valence electrons. The van der Waals surface area contributed by atoms with Crippen molar-refractivity contribution in [2.75, 3.05) is 19.6 Å². The summed E-state index contributed by atoms with van der Waals surface area (Å²) in [4.78, 5) is 12.8. The van der Waals surface area contributed by atoms with Gasteiger partial charge in [-0.15, -0.1) is 0 Å². The maximum atomic E-state index is 12.2. The quantitative estimate of drug-likeness (QED) is 0.726. The summed E-state index contributed by atoms with van der Waals surface area (Å²) in [5, 5.41) is 22.5. The van der Waals surface area contributed by atoms with Gasteiger partial charge in [0.1, 0.15) is 5.75 Å². The lowest BCUT2D eigenvalue weighted by Crippen LogP contribution is -2.52. The Bertz CT molecular complexity index is 648. The van der Waals surface area contributed by atoms with Gasteiger partial charge in [0.05, 0.1) is 15.6 Å². The molecule has 0 saturated carbocycles. The van der Waals surface area contributed by atoms with Crippen LogP contribution in [-0.2, 0) is 11.3 Å². The highest BCUT2D eigenvalue weighted by Crippen LogP contribution is 2.32. The van der Waals surface area contributed by atoms with E-state index in [9.17, 15) is 28.2 Å². The molecule has 0 aromatic heterocycles. The van der Waals surface area contributed by atoms with E-state index in [1.165, 1.54) is 6.07 Å². The zero-order chi connectivity index (χ0) is 18.8. The SMILES string of the molecule is O=C(NCC1(O)CCN(Cc2cc(Cl)c(Cl)cc2O)CC1)C(F)(F)F. The summed E-state index contributed by atoms with van der Waals surface area (Å²) in [6.45, 7) is 0.668. The molecule has 1 aromatic carbocycles. The minimum absolute atomic E-state index is 0.00678. The van der Waals surface area contributed by atoms with Gasteiger partial charge in [-0.3, -0.25) is 9.69 Å². The third kappa shape index (κ3) is 5.37. The van der Waals surface area contributed by atoms with Gasteiger partial charge < -0.3 is 15.5 Å². The van der Waals surface area contributed by atoms with E-state index in [0.29, 0.717) is 30.2 Å². The normalized spacial score (nSPS) is 18.2. The van der Waals surface area contributed by atoms with Crippen molar-refractivity contribution in [1.82, 2.24) is 10.2 Å². The molecule has 1 aliphatic rings. The molecule has 3 N–H and O–H groups in total. The fraction of sp³-hybridized carbons (Fsp3) is 0.533. The molecule has 1 heterocycles. The van der Waals surface area contributed by atoms with Crippen molar-refractivity contribution >= 4 is 29.1 Å². The number of benzene rings is 1. The number of aliphatic hydroxyl groups is 1. The molecule has 1 aliphatic heterocycles. The van der Waals surface area contributed by atoms with Crippen LogP contribution < -0.4 is 5.32 Å². The number of phenols is 1. The molecular formula is C15H17Cl2F3N2O3. The number of alkyl halides is 3. The maximum absolute atomic E-state index is 12.2. The van der Waals surface area contributed by atoms with Gasteiger partial charge in [-0.2, -0.15) is 13.2 Å². The number of amides is 1. The second-order valence-corrected chi connectivity index (χ2v) is 6.89. The van der Waals surface area contributed by atoms with Crippen LogP contribution in [-0.4, -0.2) is 52.4 Å². The molecule has 25 heavy (non-hydrogen) atoms. The largest absolute Gasteiger partial charge is 0.508 e. The fourth-order valence-electron chi connectivity index (χ4n) is 2.59. The molecule has 1 amide bonds. The Morgan fingerprint density at radius 2 is 1.80 bits per heavy atom. The second-order valence-electron chi connectivity index (χ2n) is 6.08. The van der Waals surface area contributed by atoms with E-state index in [-0.39, 0.29) is 23.6 Å². The molecule has 2 rings (SSSR count). The van der Waals surface area contributed by atoms with Crippen molar-refractivity contribution < 1.29 is 28.2 Å². The molecular weight excluding hydrogens is 384 g/mol. The van der Waals surface area contributed by atoms with Crippen LogP contribution in [0.25, 0.3) is 0 Å². The minimum atomic E-state index is -4.97. The van der Waals surface area contributed by atoms with Gasteiger partial charge >= 0.3 is 12.1 Å². The molecule has 0 radical (unpaired) electrons. The van der Waals surface area contributed by atoms with Gasteiger partial charge in [-0.25, -0.2) is 0 Å². The first-order valence-electron chi connectivity index (χ1n) is 7.47. The summed E-state index contributed by atoms with van der Waals surface area (Å²) in [6.07, 6.45) is -4.59. The van der Waals surface area contributed by atoms with E-state index >= 15 is 0 Å². The number of nitrogens with zero attached hydrogens (tertiary/aromatic N) is 1. The van der Waals surface area contributed by atoms with E-state index in [4.69, 9.17) is 23.2 Å². The minimum Gasteiger partial charge on any atom is -0.508 e. The van der Waals surface area contributed by atoms with E-state index in [1.54, 1.807) is 11.4 Å². The van der Waals surface area contributed by atoms with Crippen molar-refractivity contribution in [2.45, 2.75) is 31.2 Å². The smallest absolute Gasteiger partial charge is 0.471 e. The Labute approximate surface area is 152 Å². The van der Waals surface area contributed by atoms with Gasteiger partial charge in [0.15, 0.2) is 0 Å². The van der Waals surface area contributed by atoms with Crippen LogP contribution in [0.4, 0.5) is 13.2 Å². The standard InChI is InChI=1S/C15H17Cl2F3N2O3/c16-10-5-9(12(23)6-11(10)17)7-22-3-1-14(25,2-4-22)8-21-13(24)15(18,19)20/h5-6,23,25H,1-4,7-8H2,(H,21,24). The van der Waals surface area contributed by atoms with Crippen LogP contribution >= 0.6 is 23.2 Å². The third-order valence-corrected chi connectivity index (χ3v) is 4.86. The summed E-state index contributed by atoms with van der Waals surface area (Å²) in [6, 6.07) is 2.88. The van der Waals surface area contributed by atoms with Crippen LogP contribution in [0.5, 0.6) is 5.75 Å². The number of likely N-dealkylation sites (tertiary alicyclic amines) is 1. The zero-order valence-corrected chi connectivity index (χ0v) is 14.5. The summed E-state index contributed by atoms with van der Waals surface area (Å²) < 4.78 is 36.6. The van der Waals surface area contributed by atoms with Crippen LogP contribution in [0.3, 0.4) is 0 Å². The lowest BCUT2D eigenvalue weighted by Gasteiger charge is -2.38. The predicted molar refractivity (Wildman–Crippen MR) is 86.7 cm³/mol. The van der Waals surface area contributed by atoms with Crippen molar-refractivity contribution in [2.24, 2.45) is 0 Å². The van der Waals surface area contributed by atoms with Crippen molar-refractivity contribution in [3.8, 4) is 5.75 Å². The summed E-state index contributed by atoms with van der Waals surface area (Å²) >= 11 is 11.7. The highest BCUT2D eigenvalue weighted by molar-refractivity contribution is 6.42. The number of hydrogen-bond donors (Lipinski definition) is 3. The van der Waals surface area contributed by atoms with Crippen molar-refractivity contribution in [3.63, 3.8) is 0 Å². The van der Waals surface area contributed by atoms with E-state index < -0.39 is 24.2 Å². The van der Waals surface area contributed by atoms with Gasteiger partial charge in [-0.05, 0) is 18.9 Å². The van der Waals surface area contributed by atoms with E-state index in [2.05, 4.69) is 0 Å². The van der Waals surface area contributed by atoms with Crippen LogP contribution in [0.15, 0.2) is 12.1 Å². The average molecular weight is 401 g/mol.